The van der Waals surface area contributed by atoms with E-state index in [2.05, 4.69) is 23.0 Å². The van der Waals surface area contributed by atoms with Crippen LogP contribution in [0.2, 0.25) is 0 Å². The first-order valence-corrected chi connectivity index (χ1v) is 7.72. The van der Waals surface area contributed by atoms with Crippen LogP contribution in [0.15, 0.2) is 29.2 Å². The van der Waals surface area contributed by atoms with Crippen molar-refractivity contribution in [3.8, 4) is 0 Å². The van der Waals surface area contributed by atoms with Crippen LogP contribution in [0, 0.1) is 0 Å². The van der Waals surface area contributed by atoms with E-state index in [0.717, 1.165) is 31.7 Å². The van der Waals surface area contributed by atoms with Crippen molar-refractivity contribution in [3.63, 3.8) is 0 Å². The highest BCUT2D eigenvalue weighted by atomic mass is 32.2. The SMILES string of the molecule is CSc1ccccc1NC(=S)NC[C@@H]1CCCO1. The number of benzene rings is 1. The first kappa shape index (κ1) is 13.6. The molecule has 0 radical (unpaired) electrons. The van der Waals surface area contributed by atoms with E-state index in [1.165, 1.54) is 4.90 Å². The number of para-hydroxylation sites is 1. The molecule has 1 saturated heterocycles. The molecule has 2 rings (SSSR count). The number of nitrogens with one attached hydrogen (secondary N) is 2. The Bertz CT molecular complexity index is 406. The topological polar surface area (TPSA) is 33.3 Å². The van der Waals surface area contributed by atoms with Gasteiger partial charge >= 0.3 is 0 Å². The predicted octanol–water partition coefficient (Wildman–Crippen LogP) is 2.87. The fourth-order valence-corrected chi connectivity index (χ4v) is 2.67. The molecular weight excluding hydrogens is 264 g/mol. The standard InChI is InChI=1S/C13H18N2OS2/c1-18-12-7-3-2-6-11(12)15-13(17)14-9-10-5-4-8-16-10/h2-3,6-7,10H,4-5,8-9H2,1H3,(H2,14,15,17)/t10-/m0/s1. The molecule has 0 bridgehead atoms. The molecule has 0 spiro atoms. The van der Waals surface area contributed by atoms with Crippen LogP contribution in [0.1, 0.15) is 12.8 Å². The number of ether oxygens (including phenoxy) is 1. The van der Waals surface area contributed by atoms with Crippen molar-refractivity contribution in [1.82, 2.24) is 5.32 Å². The van der Waals surface area contributed by atoms with E-state index in [-0.39, 0.29) is 0 Å². The Labute approximate surface area is 118 Å². The van der Waals surface area contributed by atoms with Gasteiger partial charge in [0, 0.05) is 18.0 Å². The summed E-state index contributed by atoms with van der Waals surface area (Å²) in [6, 6.07) is 8.15. The summed E-state index contributed by atoms with van der Waals surface area (Å²) < 4.78 is 5.54. The van der Waals surface area contributed by atoms with Gasteiger partial charge in [-0.1, -0.05) is 12.1 Å². The van der Waals surface area contributed by atoms with Gasteiger partial charge in [-0.2, -0.15) is 0 Å². The molecule has 0 aliphatic carbocycles. The molecular formula is C13H18N2OS2. The van der Waals surface area contributed by atoms with Crippen LogP contribution in [-0.4, -0.2) is 30.6 Å². The van der Waals surface area contributed by atoms with Crippen LogP contribution in [0.4, 0.5) is 5.69 Å². The fourth-order valence-electron chi connectivity index (χ4n) is 1.93. The molecule has 18 heavy (non-hydrogen) atoms. The summed E-state index contributed by atoms with van der Waals surface area (Å²) in [4.78, 5) is 1.19. The Morgan fingerprint density at radius 3 is 3.06 bits per heavy atom. The molecule has 2 N–H and O–H groups in total. The highest BCUT2D eigenvalue weighted by molar-refractivity contribution is 7.98. The van der Waals surface area contributed by atoms with E-state index in [9.17, 15) is 0 Å². The second kappa shape index (κ2) is 6.97. The monoisotopic (exact) mass is 282 g/mol. The van der Waals surface area contributed by atoms with Crippen molar-refractivity contribution in [2.75, 3.05) is 24.7 Å². The molecule has 1 aromatic carbocycles. The first-order chi connectivity index (χ1) is 8.79. The van der Waals surface area contributed by atoms with Gasteiger partial charge in [0.25, 0.3) is 0 Å². The van der Waals surface area contributed by atoms with Crippen molar-refractivity contribution in [2.24, 2.45) is 0 Å². The minimum Gasteiger partial charge on any atom is -0.376 e. The molecule has 0 saturated carbocycles. The zero-order valence-electron chi connectivity index (χ0n) is 10.4. The molecule has 1 aliphatic heterocycles. The molecule has 1 fully saturated rings. The summed E-state index contributed by atoms with van der Waals surface area (Å²) in [6.07, 6.45) is 4.64. The molecule has 1 aromatic rings. The van der Waals surface area contributed by atoms with Crippen LogP contribution in [0.5, 0.6) is 0 Å². The third-order valence-corrected chi connectivity index (χ3v) is 3.91. The zero-order chi connectivity index (χ0) is 12.8. The lowest BCUT2D eigenvalue weighted by atomic mass is 10.2. The lowest BCUT2D eigenvalue weighted by Crippen LogP contribution is -2.34. The van der Waals surface area contributed by atoms with Gasteiger partial charge in [0.15, 0.2) is 5.11 Å². The van der Waals surface area contributed by atoms with E-state index in [4.69, 9.17) is 17.0 Å². The summed E-state index contributed by atoms with van der Waals surface area (Å²) in [7, 11) is 0. The highest BCUT2D eigenvalue weighted by Gasteiger charge is 2.15. The maximum atomic E-state index is 5.54. The van der Waals surface area contributed by atoms with Gasteiger partial charge in [0.2, 0.25) is 0 Å². The van der Waals surface area contributed by atoms with E-state index in [1.54, 1.807) is 11.8 Å². The lowest BCUT2D eigenvalue weighted by Gasteiger charge is -2.15. The lowest BCUT2D eigenvalue weighted by molar-refractivity contribution is 0.114. The van der Waals surface area contributed by atoms with Gasteiger partial charge < -0.3 is 15.4 Å². The normalized spacial score (nSPS) is 18.6. The second-order valence-corrected chi connectivity index (χ2v) is 5.43. The van der Waals surface area contributed by atoms with E-state index >= 15 is 0 Å². The summed E-state index contributed by atoms with van der Waals surface area (Å²) in [5.74, 6) is 0. The molecule has 3 nitrogen and oxygen atoms in total. The molecule has 1 heterocycles. The average molecular weight is 282 g/mol. The van der Waals surface area contributed by atoms with E-state index in [1.807, 2.05) is 18.2 Å². The second-order valence-electron chi connectivity index (χ2n) is 4.17. The van der Waals surface area contributed by atoms with Crippen molar-refractivity contribution in [1.29, 1.82) is 0 Å². The van der Waals surface area contributed by atoms with E-state index < -0.39 is 0 Å². The minimum absolute atomic E-state index is 0.306. The van der Waals surface area contributed by atoms with Gasteiger partial charge in [-0.25, -0.2) is 0 Å². The van der Waals surface area contributed by atoms with Crippen molar-refractivity contribution in [3.05, 3.63) is 24.3 Å². The van der Waals surface area contributed by atoms with Gasteiger partial charge in [0.05, 0.1) is 11.8 Å². The smallest absolute Gasteiger partial charge is 0.170 e. The van der Waals surface area contributed by atoms with Crippen LogP contribution >= 0.6 is 24.0 Å². The maximum absolute atomic E-state index is 5.54. The van der Waals surface area contributed by atoms with Crippen molar-refractivity contribution >= 4 is 34.8 Å². The molecule has 1 atom stereocenters. The number of thiocarbonyl (C=S) groups is 1. The Morgan fingerprint density at radius 1 is 1.50 bits per heavy atom. The van der Waals surface area contributed by atoms with Crippen molar-refractivity contribution in [2.45, 2.75) is 23.8 Å². The number of thioether (sulfide) groups is 1. The highest BCUT2D eigenvalue weighted by Crippen LogP contribution is 2.24. The van der Waals surface area contributed by atoms with E-state index in [0.29, 0.717) is 11.2 Å². The minimum atomic E-state index is 0.306. The Kier molecular flexibility index (Phi) is 5.28. The average Bonchev–Trinajstić information content (AvgIpc) is 2.90. The summed E-state index contributed by atoms with van der Waals surface area (Å²) >= 11 is 7.00. The quantitative estimate of drug-likeness (QED) is 0.655. The van der Waals surface area contributed by atoms with Crippen LogP contribution in [0.3, 0.4) is 0 Å². The van der Waals surface area contributed by atoms with Crippen LogP contribution in [-0.2, 0) is 4.74 Å². The largest absolute Gasteiger partial charge is 0.376 e. The molecule has 5 heteroatoms. The molecule has 0 aromatic heterocycles. The molecule has 0 amide bonds. The van der Waals surface area contributed by atoms with Crippen LogP contribution in [0.25, 0.3) is 0 Å². The number of rotatable bonds is 4. The fraction of sp³-hybridized carbons (Fsp3) is 0.462. The number of hydrogen-bond acceptors (Lipinski definition) is 3. The third kappa shape index (κ3) is 3.86. The Morgan fingerprint density at radius 2 is 2.33 bits per heavy atom. The predicted molar refractivity (Wildman–Crippen MR) is 81.4 cm³/mol. The Balaban J connectivity index is 1.82. The summed E-state index contributed by atoms with van der Waals surface area (Å²) in [5, 5.41) is 7.10. The van der Waals surface area contributed by atoms with Gasteiger partial charge in [0.1, 0.15) is 0 Å². The van der Waals surface area contributed by atoms with Crippen molar-refractivity contribution < 1.29 is 4.74 Å². The zero-order valence-corrected chi connectivity index (χ0v) is 12.1. The Hall–Kier alpha value is -0.780. The van der Waals surface area contributed by atoms with Gasteiger partial charge in [-0.05, 0) is 43.4 Å². The number of hydrogen-bond donors (Lipinski definition) is 2. The third-order valence-electron chi connectivity index (χ3n) is 2.87. The maximum Gasteiger partial charge on any atom is 0.170 e. The molecule has 1 aliphatic rings. The first-order valence-electron chi connectivity index (χ1n) is 6.09. The summed E-state index contributed by atoms with van der Waals surface area (Å²) in [6.45, 7) is 1.66. The van der Waals surface area contributed by atoms with Crippen LogP contribution < -0.4 is 10.6 Å². The number of anilines is 1. The summed E-state index contributed by atoms with van der Waals surface area (Å²) in [5.41, 5.74) is 1.05. The molecule has 98 valence electrons. The van der Waals surface area contributed by atoms with Gasteiger partial charge in [-0.3, -0.25) is 0 Å². The van der Waals surface area contributed by atoms with Gasteiger partial charge in [-0.15, -0.1) is 11.8 Å². The molecule has 0 unspecified atom stereocenters.